The summed E-state index contributed by atoms with van der Waals surface area (Å²) in [6, 6.07) is 0.610. The molecule has 0 bridgehead atoms. The van der Waals surface area contributed by atoms with Gasteiger partial charge in [0, 0.05) is 6.04 Å². The second-order valence-corrected chi connectivity index (χ2v) is 3.94. The van der Waals surface area contributed by atoms with Gasteiger partial charge in [0.1, 0.15) is 4.32 Å². The zero-order valence-electron chi connectivity index (χ0n) is 6.68. The average Bonchev–Trinajstić information content (AvgIpc) is 1.88. The maximum absolute atomic E-state index is 4.83. The smallest absolute Gasteiger partial charge is 0.368 e. The SMILES string of the molecule is S=C(S)NC1CCCCC1.[Ba+2]. The third-order valence-electron chi connectivity index (χ3n) is 1.93. The Labute approximate surface area is 120 Å². The number of rotatable bonds is 1. The van der Waals surface area contributed by atoms with Gasteiger partial charge in [-0.3, -0.25) is 0 Å². The third kappa shape index (κ3) is 5.96. The van der Waals surface area contributed by atoms with Crippen molar-refractivity contribution in [2.75, 3.05) is 0 Å². The first-order valence-corrected chi connectivity index (χ1v) is 4.64. The zero-order valence-corrected chi connectivity index (χ0v) is 12.8. The summed E-state index contributed by atoms with van der Waals surface area (Å²) in [6.45, 7) is 0. The topological polar surface area (TPSA) is 12.0 Å². The van der Waals surface area contributed by atoms with Gasteiger partial charge in [0.05, 0.1) is 0 Å². The molecule has 0 aromatic heterocycles. The van der Waals surface area contributed by atoms with Crippen molar-refractivity contribution in [1.82, 2.24) is 5.32 Å². The first-order valence-electron chi connectivity index (χ1n) is 3.78. The summed E-state index contributed by atoms with van der Waals surface area (Å²) in [4.78, 5) is 0. The normalized spacial score (nSPS) is 18.6. The molecule has 0 atom stereocenters. The van der Waals surface area contributed by atoms with E-state index in [1.807, 2.05) is 0 Å². The van der Waals surface area contributed by atoms with E-state index in [-0.39, 0.29) is 48.9 Å². The molecule has 0 aromatic rings. The van der Waals surface area contributed by atoms with Crippen molar-refractivity contribution in [1.29, 1.82) is 0 Å². The molecular formula is C7H13BaNS2+2. The van der Waals surface area contributed by atoms with Crippen LogP contribution in [0.15, 0.2) is 0 Å². The summed E-state index contributed by atoms with van der Waals surface area (Å²) in [5, 5.41) is 3.18. The molecule has 0 spiro atoms. The molecule has 58 valence electrons. The number of thiocarbonyl (C=S) groups is 1. The molecule has 0 amide bonds. The number of hydrogen-bond acceptors (Lipinski definition) is 1. The summed E-state index contributed by atoms with van der Waals surface area (Å²) in [5.41, 5.74) is 0. The van der Waals surface area contributed by atoms with Crippen LogP contribution in [-0.2, 0) is 0 Å². The van der Waals surface area contributed by atoms with Crippen molar-refractivity contribution in [3.05, 3.63) is 0 Å². The van der Waals surface area contributed by atoms with Crippen molar-refractivity contribution in [3.63, 3.8) is 0 Å². The number of nitrogens with one attached hydrogen (secondary N) is 1. The van der Waals surface area contributed by atoms with E-state index in [2.05, 4.69) is 17.9 Å². The van der Waals surface area contributed by atoms with Crippen LogP contribution in [0, 0.1) is 0 Å². The molecule has 0 saturated heterocycles. The number of hydrogen-bond donors (Lipinski definition) is 2. The van der Waals surface area contributed by atoms with Crippen LogP contribution in [0.4, 0.5) is 0 Å². The van der Waals surface area contributed by atoms with E-state index in [1.165, 1.54) is 32.1 Å². The fraction of sp³-hybridized carbons (Fsp3) is 0.857. The maximum Gasteiger partial charge on any atom is 2.00 e. The fourth-order valence-corrected chi connectivity index (χ4v) is 1.77. The Morgan fingerprint density at radius 1 is 1.27 bits per heavy atom. The summed E-state index contributed by atoms with van der Waals surface area (Å²) < 4.78 is 0.645. The van der Waals surface area contributed by atoms with Crippen molar-refractivity contribution in [3.8, 4) is 0 Å². The Morgan fingerprint density at radius 3 is 2.27 bits per heavy atom. The largest absolute Gasteiger partial charge is 2.00 e. The minimum atomic E-state index is 0. The van der Waals surface area contributed by atoms with Crippen molar-refractivity contribution >= 4 is 78.0 Å². The van der Waals surface area contributed by atoms with E-state index in [0.29, 0.717) is 10.4 Å². The molecule has 1 fully saturated rings. The molecule has 1 aliphatic carbocycles. The molecule has 0 unspecified atom stereocenters. The first-order chi connectivity index (χ1) is 4.79. The van der Waals surface area contributed by atoms with Gasteiger partial charge in [0.25, 0.3) is 0 Å². The van der Waals surface area contributed by atoms with Gasteiger partial charge in [-0.05, 0) is 12.8 Å². The van der Waals surface area contributed by atoms with Crippen molar-refractivity contribution in [2.24, 2.45) is 0 Å². The van der Waals surface area contributed by atoms with Crippen LogP contribution in [0.25, 0.3) is 0 Å². The van der Waals surface area contributed by atoms with Gasteiger partial charge in [-0.15, -0.1) is 12.6 Å². The summed E-state index contributed by atoms with van der Waals surface area (Å²) in [6.07, 6.45) is 6.60. The molecule has 0 aliphatic heterocycles. The van der Waals surface area contributed by atoms with Gasteiger partial charge in [-0.1, -0.05) is 31.5 Å². The minimum absolute atomic E-state index is 0. The van der Waals surface area contributed by atoms with Crippen LogP contribution >= 0.6 is 24.8 Å². The zero-order chi connectivity index (χ0) is 7.40. The molecule has 1 rings (SSSR count). The Balaban J connectivity index is 0.000001000. The summed E-state index contributed by atoms with van der Waals surface area (Å²) in [7, 11) is 0. The number of thiol groups is 1. The Morgan fingerprint density at radius 2 is 1.82 bits per heavy atom. The molecule has 1 N–H and O–H groups in total. The maximum atomic E-state index is 4.83. The summed E-state index contributed by atoms with van der Waals surface area (Å²) in [5.74, 6) is 0. The van der Waals surface area contributed by atoms with Crippen LogP contribution < -0.4 is 5.32 Å². The van der Waals surface area contributed by atoms with E-state index in [0.717, 1.165) is 0 Å². The Bertz CT molecular complexity index is 124. The second kappa shape index (κ2) is 7.24. The van der Waals surface area contributed by atoms with Gasteiger partial charge < -0.3 is 5.32 Å². The monoisotopic (exact) mass is 313 g/mol. The van der Waals surface area contributed by atoms with Crippen LogP contribution in [-0.4, -0.2) is 59.2 Å². The molecule has 1 aliphatic rings. The minimum Gasteiger partial charge on any atom is -0.368 e. The molecule has 11 heavy (non-hydrogen) atoms. The van der Waals surface area contributed by atoms with Crippen LogP contribution in [0.2, 0.25) is 0 Å². The standard InChI is InChI=1S/C7H13NS2.Ba/c9-7(10)8-6-4-2-1-3-5-6;/h6H,1-5H2,(H2,8,9,10);/q;+2. The molecule has 0 heterocycles. The average molecular weight is 313 g/mol. The second-order valence-electron chi connectivity index (χ2n) is 2.78. The van der Waals surface area contributed by atoms with Gasteiger partial charge in [-0.25, -0.2) is 0 Å². The molecule has 1 nitrogen and oxygen atoms in total. The molecule has 0 radical (unpaired) electrons. The fourth-order valence-electron chi connectivity index (χ4n) is 1.42. The molecule has 1 saturated carbocycles. The first kappa shape index (κ1) is 12.8. The molecule has 4 heteroatoms. The van der Waals surface area contributed by atoms with Crippen molar-refractivity contribution in [2.45, 2.75) is 38.1 Å². The van der Waals surface area contributed by atoms with Crippen LogP contribution in [0.5, 0.6) is 0 Å². The third-order valence-corrected chi connectivity index (χ3v) is 2.18. The Kier molecular flexibility index (Phi) is 8.43. The van der Waals surface area contributed by atoms with Gasteiger partial charge in [0.2, 0.25) is 0 Å². The summed E-state index contributed by atoms with van der Waals surface area (Å²) >= 11 is 8.86. The Hall–Kier alpha value is 1.81. The van der Waals surface area contributed by atoms with Gasteiger partial charge in [0.15, 0.2) is 0 Å². The van der Waals surface area contributed by atoms with Crippen molar-refractivity contribution < 1.29 is 0 Å². The van der Waals surface area contributed by atoms with Gasteiger partial charge in [-0.2, -0.15) is 0 Å². The van der Waals surface area contributed by atoms with E-state index in [4.69, 9.17) is 12.2 Å². The van der Waals surface area contributed by atoms with Crippen LogP contribution in [0.1, 0.15) is 32.1 Å². The van der Waals surface area contributed by atoms with Crippen LogP contribution in [0.3, 0.4) is 0 Å². The van der Waals surface area contributed by atoms with E-state index >= 15 is 0 Å². The molecule has 0 aromatic carbocycles. The quantitative estimate of drug-likeness (QED) is 0.435. The van der Waals surface area contributed by atoms with E-state index in [1.54, 1.807) is 0 Å². The van der Waals surface area contributed by atoms with E-state index in [9.17, 15) is 0 Å². The van der Waals surface area contributed by atoms with E-state index < -0.39 is 0 Å². The predicted molar refractivity (Wildman–Crippen MR) is 57.3 cm³/mol. The molecular weight excluding hydrogens is 300 g/mol. The van der Waals surface area contributed by atoms with Gasteiger partial charge >= 0.3 is 48.9 Å². The predicted octanol–water partition coefficient (Wildman–Crippen LogP) is 1.74.